The van der Waals surface area contributed by atoms with E-state index < -0.39 is 6.04 Å². The van der Waals surface area contributed by atoms with Crippen molar-refractivity contribution in [3.8, 4) is 11.1 Å². The number of amides is 2. The van der Waals surface area contributed by atoms with Gasteiger partial charge < -0.3 is 14.7 Å². The average Bonchev–Trinajstić information content (AvgIpc) is 2.82. The number of rotatable bonds is 5. The Bertz CT molecular complexity index is 1160. The second kappa shape index (κ2) is 9.40. The van der Waals surface area contributed by atoms with Crippen LogP contribution >= 0.6 is 0 Å². The van der Waals surface area contributed by atoms with E-state index in [1.165, 1.54) is 18.0 Å². The van der Waals surface area contributed by atoms with Crippen LogP contribution in [-0.4, -0.2) is 71.9 Å². The Morgan fingerprint density at radius 2 is 1.79 bits per heavy atom. The molecule has 0 saturated carbocycles. The first kappa shape index (κ1) is 22.5. The molecule has 2 amide bonds. The molecule has 170 valence electrons. The Labute approximate surface area is 194 Å². The number of benzene rings is 2. The Morgan fingerprint density at radius 3 is 2.48 bits per heavy atom. The number of hydrogen-bond acceptors (Lipinski definition) is 5. The van der Waals surface area contributed by atoms with E-state index in [9.17, 15) is 9.59 Å². The summed E-state index contributed by atoms with van der Waals surface area (Å²) in [6, 6.07) is 15.9. The van der Waals surface area contributed by atoms with Crippen LogP contribution in [0.15, 0.2) is 60.9 Å². The molecule has 1 aliphatic heterocycles. The largest absolute Gasteiger partial charge is 0.347 e. The lowest BCUT2D eigenvalue weighted by Gasteiger charge is -2.39. The fourth-order valence-electron chi connectivity index (χ4n) is 4.17. The van der Waals surface area contributed by atoms with Gasteiger partial charge in [0.1, 0.15) is 6.04 Å². The van der Waals surface area contributed by atoms with Crippen LogP contribution in [0, 0.1) is 6.92 Å². The topological polar surface area (TPSA) is 69.6 Å². The molecule has 1 atom stereocenters. The second-order valence-electron chi connectivity index (χ2n) is 8.66. The summed E-state index contributed by atoms with van der Waals surface area (Å²) in [6.45, 7) is 3.06. The number of carbonyl (C=O) groups excluding carboxylic acids is 2. The molecule has 1 aliphatic rings. The standard InChI is InChI=1S/C26H29N5O2/c1-18-8-5-6-11-22(18)20-10-7-9-19(14-20)15-23-25(33)30(4)12-13-31(23)24(32)21-16-27-26(28-17-21)29(2)3/h5-11,14,16-17,23H,12-13,15H2,1-4H3/t23-/m0/s1. The van der Waals surface area contributed by atoms with Gasteiger partial charge in [0, 0.05) is 53.0 Å². The van der Waals surface area contributed by atoms with E-state index >= 15 is 0 Å². The second-order valence-corrected chi connectivity index (χ2v) is 8.66. The Morgan fingerprint density at radius 1 is 1.06 bits per heavy atom. The highest BCUT2D eigenvalue weighted by atomic mass is 16.2. The number of piperazine rings is 1. The van der Waals surface area contributed by atoms with Crippen LogP contribution in [0.3, 0.4) is 0 Å². The summed E-state index contributed by atoms with van der Waals surface area (Å²) in [7, 11) is 5.48. The van der Waals surface area contributed by atoms with E-state index in [0.29, 0.717) is 31.0 Å². The molecule has 2 aromatic carbocycles. The molecule has 3 aromatic rings. The van der Waals surface area contributed by atoms with Crippen molar-refractivity contribution in [1.82, 2.24) is 19.8 Å². The van der Waals surface area contributed by atoms with Crippen LogP contribution in [0.1, 0.15) is 21.5 Å². The molecule has 0 bridgehead atoms. The van der Waals surface area contributed by atoms with Gasteiger partial charge in [-0.1, -0.05) is 48.5 Å². The molecule has 7 heteroatoms. The predicted molar refractivity (Wildman–Crippen MR) is 129 cm³/mol. The molecule has 1 fully saturated rings. The van der Waals surface area contributed by atoms with Crippen LogP contribution in [0.4, 0.5) is 5.95 Å². The van der Waals surface area contributed by atoms with Crippen molar-refractivity contribution in [2.45, 2.75) is 19.4 Å². The summed E-state index contributed by atoms with van der Waals surface area (Å²) in [4.78, 5) is 40.1. The zero-order valence-corrected chi connectivity index (χ0v) is 19.5. The SMILES string of the molecule is Cc1ccccc1-c1cccc(C[C@H]2C(=O)N(C)CCN2C(=O)c2cnc(N(C)C)nc2)c1. The van der Waals surface area contributed by atoms with Crippen LogP contribution in [0.5, 0.6) is 0 Å². The highest BCUT2D eigenvalue weighted by molar-refractivity contribution is 5.98. The highest BCUT2D eigenvalue weighted by Gasteiger charge is 2.36. The van der Waals surface area contributed by atoms with Gasteiger partial charge in [0.15, 0.2) is 0 Å². The van der Waals surface area contributed by atoms with Gasteiger partial charge in [-0.3, -0.25) is 9.59 Å². The quantitative estimate of drug-likeness (QED) is 0.606. The summed E-state index contributed by atoms with van der Waals surface area (Å²) in [6.07, 6.45) is 3.51. The third-order valence-corrected chi connectivity index (χ3v) is 6.07. The number of hydrogen-bond donors (Lipinski definition) is 0. The molecule has 4 rings (SSSR count). The summed E-state index contributed by atoms with van der Waals surface area (Å²) in [5.41, 5.74) is 4.87. The van der Waals surface area contributed by atoms with Crippen molar-refractivity contribution in [1.29, 1.82) is 0 Å². The van der Waals surface area contributed by atoms with Crippen molar-refractivity contribution in [3.05, 3.63) is 77.6 Å². The maximum Gasteiger partial charge on any atom is 0.257 e. The maximum absolute atomic E-state index is 13.3. The molecule has 0 unspecified atom stereocenters. The van der Waals surface area contributed by atoms with E-state index in [1.54, 1.807) is 21.7 Å². The monoisotopic (exact) mass is 443 g/mol. The van der Waals surface area contributed by atoms with Gasteiger partial charge in [-0.15, -0.1) is 0 Å². The van der Waals surface area contributed by atoms with Gasteiger partial charge in [-0.05, 0) is 29.2 Å². The lowest BCUT2D eigenvalue weighted by Crippen LogP contribution is -2.58. The molecule has 2 heterocycles. The summed E-state index contributed by atoms with van der Waals surface area (Å²) < 4.78 is 0. The molecule has 33 heavy (non-hydrogen) atoms. The molecule has 1 aromatic heterocycles. The van der Waals surface area contributed by atoms with Crippen molar-refractivity contribution >= 4 is 17.8 Å². The highest BCUT2D eigenvalue weighted by Crippen LogP contribution is 2.26. The maximum atomic E-state index is 13.3. The van der Waals surface area contributed by atoms with Crippen LogP contribution in [0.2, 0.25) is 0 Å². The number of likely N-dealkylation sites (N-methyl/N-ethyl adjacent to an activating group) is 1. The number of anilines is 1. The lowest BCUT2D eigenvalue weighted by molar-refractivity contribution is -0.138. The molecular weight excluding hydrogens is 414 g/mol. The van der Waals surface area contributed by atoms with E-state index in [0.717, 1.165) is 16.7 Å². The van der Waals surface area contributed by atoms with E-state index in [2.05, 4.69) is 41.2 Å². The number of nitrogens with zero attached hydrogens (tertiary/aromatic N) is 5. The number of carbonyl (C=O) groups is 2. The Hall–Kier alpha value is -3.74. The molecular formula is C26H29N5O2. The molecule has 0 aliphatic carbocycles. The average molecular weight is 444 g/mol. The van der Waals surface area contributed by atoms with E-state index in [1.807, 2.05) is 38.4 Å². The van der Waals surface area contributed by atoms with Crippen LogP contribution < -0.4 is 4.90 Å². The summed E-state index contributed by atoms with van der Waals surface area (Å²) >= 11 is 0. The first-order chi connectivity index (χ1) is 15.8. The minimum absolute atomic E-state index is 0.0540. The van der Waals surface area contributed by atoms with Gasteiger partial charge in [0.05, 0.1) is 5.56 Å². The Kier molecular flexibility index (Phi) is 6.40. The minimum atomic E-state index is -0.572. The molecule has 1 saturated heterocycles. The first-order valence-electron chi connectivity index (χ1n) is 11.1. The fourth-order valence-corrected chi connectivity index (χ4v) is 4.17. The van der Waals surface area contributed by atoms with Gasteiger partial charge in [0.2, 0.25) is 11.9 Å². The van der Waals surface area contributed by atoms with Gasteiger partial charge in [-0.25, -0.2) is 9.97 Å². The van der Waals surface area contributed by atoms with Crippen molar-refractivity contribution in [3.63, 3.8) is 0 Å². The molecule has 0 spiro atoms. The zero-order chi connectivity index (χ0) is 23.5. The lowest BCUT2D eigenvalue weighted by atomic mass is 9.95. The summed E-state index contributed by atoms with van der Waals surface area (Å²) in [5, 5.41) is 0. The normalized spacial score (nSPS) is 16.1. The smallest absolute Gasteiger partial charge is 0.257 e. The van der Waals surface area contributed by atoms with Crippen molar-refractivity contribution in [2.24, 2.45) is 0 Å². The number of aryl methyl sites for hydroxylation is 1. The summed E-state index contributed by atoms with van der Waals surface area (Å²) in [5.74, 6) is 0.258. The number of aromatic nitrogens is 2. The van der Waals surface area contributed by atoms with Gasteiger partial charge >= 0.3 is 0 Å². The first-order valence-corrected chi connectivity index (χ1v) is 11.1. The predicted octanol–water partition coefficient (Wildman–Crippen LogP) is 3.04. The fraction of sp³-hybridized carbons (Fsp3) is 0.308. The molecule has 7 nitrogen and oxygen atoms in total. The third-order valence-electron chi connectivity index (χ3n) is 6.07. The minimum Gasteiger partial charge on any atom is -0.347 e. The molecule has 0 radical (unpaired) electrons. The zero-order valence-electron chi connectivity index (χ0n) is 19.5. The van der Waals surface area contributed by atoms with E-state index in [-0.39, 0.29) is 11.8 Å². The third kappa shape index (κ3) is 4.72. The van der Waals surface area contributed by atoms with Crippen molar-refractivity contribution < 1.29 is 9.59 Å². The van der Waals surface area contributed by atoms with Gasteiger partial charge in [0.25, 0.3) is 5.91 Å². The Balaban J connectivity index is 1.61. The van der Waals surface area contributed by atoms with Gasteiger partial charge in [-0.2, -0.15) is 0 Å². The van der Waals surface area contributed by atoms with Crippen molar-refractivity contribution in [2.75, 3.05) is 39.1 Å². The van der Waals surface area contributed by atoms with Crippen LogP contribution in [0.25, 0.3) is 11.1 Å². The molecule has 0 N–H and O–H groups in total. The van der Waals surface area contributed by atoms with Crippen LogP contribution in [-0.2, 0) is 11.2 Å². The van der Waals surface area contributed by atoms with E-state index in [4.69, 9.17) is 0 Å².